The van der Waals surface area contributed by atoms with Crippen LogP contribution in [0.2, 0.25) is 0 Å². The summed E-state index contributed by atoms with van der Waals surface area (Å²) in [7, 11) is -3.87. The van der Waals surface area contributed by atoms with E-state index in [1.54, 1.807) is 0 Å². The van der Waals surface area contributed by atoms with E-state index in [9.17, 15) is 23.8 Å². The summed E-state index contributed by atoms with van der Waals surface area (Å²) in [5.41, 5.74) is 0.361. The number of alkyl halides is 2. The van der Waals surface area contributed by atoms with Gasteiger partial charge >= 0.3 is 0 Å². The number of aliphatic hydroxyl groups excluding tert-OH is 2. The van der Waals surface area contributed by atoms with Crippen molar-refractivity contribution in [3.05, 3.63) is 29.8 Å². The molecule has 6 nitrogen and oxygen atoms in total. The summed E-state index contributed by atoms with van der Waals surface area (Å²) in [5, 5.41) is 21.8. The Hall–Kier alpha value is -0.700. The predicted octanol–water partition coefficient (Wildman–Crippen LogP) is 0.912. The van der Waals surface area contributed by atoms with Gasteiger partial charge in [-0.1, -0.05) is 35.3 Å². The van der Waals surface area contributed by atoms with E-state index < -0.39 is 38.8 Å². The van der Waals surface area contributed by atoms with Gasteiger partial charge in [0.05, 0.1) is 17.5 Å². The van der Waals surface area contributed by atoms with E-state index in [2.05, 4.69) is 5.32 Å². The maximum absolute atomic E-state index is 12.0. The third kappa shape index (κ3) is 5.19. The normalized spacial score (nSPS) is 16.6. The lowest BCUT2D eigenvalue weighted by Crippen LogP contribution is -2.44. The minimum absolute atomic E-state index is 0.221. The van der Waals surface area contributed by atoms with Crippen molar-refractivity contribution in [2.75, 3.05) is 19.1 Å². The van der Waals surface area contributed by atoms with Gasteiger partial charge in [0.15, 0.2) is 4.84 Å². The molecule has 0 heterocycles. The molecule has 22 heavy (non-hydrogen) atoms. The van der Waals surface area contributed by atoms with Gasteiger partial charge in [-0.2, -0.15) is 9.35 Å². The molecule has 0 radical (unpaired) electrons. The first kappa shape index (κ1) is 19.3. The minimum atomic E-state index is -3.87. The number of rotatable bonds is 6. The summed E-state index contributed by atoms with van der Waals surface area (Å²) < 4.78 is 21.9. The van der Waals surface area contributed by atoms with E-state index in [1.807, 2.05) is 0 Å². The Bertz CT molecular complexity index is 588. The minimum Gasteiger partial charge on any atom is -0.394 e. The number of halogens is 2. The molecule has 1 aromatic carbocycles. The Morgan fingerprint density at radius 2 is 1.77 bits per heavy atom. The molecule has 0 spiro atoms. The Kier molecular flexibility index (Phi) is 6.00. The monoisotopic (exact) mass is 371 g/mol. The third-order valence-electron chi connectivity index (χ3n) is 3.00. The fraction of sp³-hybridized carbons (Fsp3) is 0.462. The van der Waals surface area contributed by atoms with Crippen LogP contribution in [0, 0.1) is 0 Å². The molecule has 2 atom stereocenters. The molecule has 0 bridgehead atoms. The molecule has 4 N–H and O–H groups in total. The van der Waals surface area contributed by atoms with Crippen LogP contribution in [0.1, 0.15) is 11.7 Å². The summed E-state index contributed by atoms with van der Waals surface area (Å²) >= 11 is 10.8. The first-order valence-electron chi connectivity index (χ1n) is 6.26. The summed E-state index contributed by atoms with van der Waals surface area (Å²) in [4.78, 5) is 10.3. The summed E-state index contributed by atoms with van der Waals surface area (Å²) in [6.07, 6.45) is 1.22. The van der Waals surface area contributed by atoms with Crippen LogP contribution in [0.5, 0.6) is 0 Å². The van der Waals surface area contributed by atoms with Gasteiger partial charge in [-0.05, 0) is 17.7 Å². The maximum Gasteiger partial charge on any atom is 0.253 e. The number of carbonyl (C=O) groups is 1. The predicted molar refractivity (Wildman–Crippen MR) is 86.8 cm³/mol. The van der Waals surface area contributed by atoms with Crippen molar-refractivity contribution in [1.29, 1.82) is 0 Å². The zero-order valence-electron chi connectivity index (χ0n) is 12.1. The van der Waals surface area contributed by atoms with Crippen LogP contribution < -0.4 is 5.32 Å². The van der Waals surface area contributed by atoms with E-state index in [-0.39, 0.29) is 4.90 Å². The van der Waals surface area contributed by atoms with E-state index in [0.717, 1.165) is 0 Å². The van der Waals surface area contributed by atoms with Crippen LogP contribution in [0.3, 0.4) is 0 Å². The van der Waals surface area contributed by atoms with E-state index in [1.165, 1.54) is 36.8 Å². The largest absolute Gasteiger partial charge is 0.394 e. The van der Waals surface area contributed by atoms with Crippen molar-refractivity contribution < 1.29 is 23.8 Å². The quantitative estimate of drug-likeness (QED) is 0.556. The molecule has 0 aliphatic heterocycles. The first-order valence-corrected chi connectivity index (χ1v) is 9.88. The standard InChI is InChI=1S/C13H19Cl2NO5S/c1-22(2,20,21)9-5-3-8(4-6-9)11(18)10(7-17)16-13(19)12(14)15/h3-6,10-12,17-18H,7H2,1-2H3,(H,16,19)(H,20,21)/t10-,11-/m1/s1. The van der Waals surface area contributed by atoms with Crippen molar-refractivity contribution in [2.24, 2.45) is 0 Å². The van der Waals surface area contributed by atoms with Crippen LogP contribution in [0.15, 0.2) is 29.2 Å². The lowest BCUT2D eigenvalue weighted by Gasteiger charge is -2.34. The summed E-state index contributed by atoms with van der Waals surface area (Å²) in [5.74, 6) is -0.737. The van der Waals surface area contributed by atoms with E-state index in [4.69, 9.17) is 23.2 Å². The number of carbonyl (C=O) groups excluding carboxylic acids is 1. The second-order valence-corrected chi connectivity index (χ2v) is 10.5. The Morgan fingerprint density at radius 3 is 2.14 bits per heavy atom. The Morgan fingerprint density at radius 1 is 1.27 bits per heavy atom. The molecule has 0 unspecified atom stereocenters. The average molecular weight is 372 g/mol. The van der Waals surface area contributed by atoms with E-state index in [0.29, 0.717) is 5.56 Å². The second-order valence-electron chi connectivity index (χ2n) is 5.38. The number of amides is 1. The highest BCUT2D eigenvalue weighted by Crippen LogP contribution is 2.27. The van der Waals surface area contributed by atoms with Crippen molar-refractivity contribution in [3.63, 3.8) is 0 Å². The van der Waals surface area contributed by atoms with Gasteiger partial charge in [0.1, 0.15) is 6.10 Å². The van der Waals surface area contributed by atoms with Crippen LogP contribution in [0.25, 0.3) is 0 Å². The lowest BCUT2D eigenvalue weighted by atomic mass is 10.0. The Balaban J connectivity index is 2.95. The van der Waals surface area contributed by atoms with Gasteiger partial charge in [0.25, 0.3) is 5.91 Å². The van der Waals surface area contributed by atoms with Crippen LogP contribution in [-0.4, -0.2) is 54.9 Å². The summed E-state index contributed by atoms with van der Waals surface area (Å²) in [6, 6.07) is 4.72. The van der Waals surface area contributed by atoms with Crippen LogP contribution in [-0.2, 0) is 14.1 Å². The van der Waals surface area contributed by atoms with Gasteiger partial charge < -0.3 is 15.5 Å². The van der Waals surface area contributed by atoms with Gasteiger partial charge in [-0.15, -0.1) is 0 Å². The number of hydrogen-bond donors (Lipinski definition) is 4. The molecule has 9 heteroatoms. The zero-order chi connectivity index (χ0) is 17.2. The van der Waals surface area contributed by atoms with Crippen molar-refractivity contribution in [1.82, 2.24) is 5.32 Å². The molecule has 0 aromatic heterocycles. The molecule has 0 saturated heterocycles. The molecule has 126 valence electrons. The zero-order valence-corrected chi connectivity index (χ0v) is 14.4. The molecule has 1 rings (SSSR count). The van der Waals surface area contributed by atoms with Crippen molar-refractivity contribution >= 4 is 38.5 Å². The summed E-state index contributed by atoms with van der Waals surface area (Å²) in [6.45, 7) is -0.531. The number of nitrogens with one attached hydrogen (secondary N) is 1. The fourth-order valence-corrected chi connectivity index (χ4v) is 2.80. The fourth-order valence-electron chi connectivity index (χ4n) is 1.76. The number of hydrogen-bond acceptors (Lipinski definition) is 4. The van der Waals surface area contributed by atoms with Gasteiger partial charge in [0.2, 0.25) is 0 Å². The van der Waals surface area contributed by atoms with Crippen LogP contribution >= 0.6 is 23.2 Å². The lowest BCUT2D eigenvalue weighted by molar-refractivity contribution is -0.121. The molecule has 1 aromatic rings. The van der Waals surface area contributed by atoms with Crippen molar-refractivity contribution in [3.8, 4) is 0 Å². The molecule has 0 aliphatic rings. The van der Waals surface area contributed by atoms with Crippen molar-refractivity contribution in [2.45, 2.75) is 21.9 Å². The van der Waals surface area contributed by atoms with Gasteiger partial charge in [-0.3, -0.25) is 9.35 Å². The molecule has 0 fully saturated rings. The van der Waals surface area contributed by atoms with Crippen LogP contribution in [0.4, 0.5) is 0 Å². The van der Waals surface area contributed by atoms with E-state index >= 15 is 0 Å². The Labute approximate surface area is 138 Å². The molecule has 0 aliphatic carbocycles. The molecular formula is C13H19Cl2NO5S. The van der Waals surface area contributed by atoms with Gasteiger partial charge in [-0.25, -0.2) is 4.21 Å². The highest BCUT2D eigenvalue weighted by atomic mass is 35.5. The SMILES string of the molecule is CS(C)(=O)(O)c1ccc([C@@H](O)[C@@H](CO)NC(=O)C(Cl)Cl)cc1. The molecule has 1 amide bonds. The smallest absolute Gasteiger partial charge is 0.253 e. The first-order chi connectivity index (χ1) is 9.92. The third-order valence-corrected chi connectivity index (χ3v) is 5.01. The average Bonchev–Trinajstić information content (AvgIpc) is 2.42. The number of benzene rings is 1. The molecule has 0 saturated carbocycles. The molecular weight excluding hydrogens is 353 g/mol. The second kappa shape index (κ2) is 6.82. The maximum atomic E-state index is 12.0. The van der Waals surface area contributed by atoms with Gasteiger partial charge in [0, 0.05) is 12.5 Å². The number of aliphatic hydroxyl groups is 2. The topological polar surface area (TPSA) is 107 Å². The highest BCUT2D eigenvalue weighted by Gasteiger charge is 2.25. The highest BCUT2D eigenvalue weighted by molar-refractivity contribution is 8.14.